The third-order valence-electron chi connectivity index (χ3n) is 3.20. The van der Waals surface area contributed by atoms with Crippen LogP contribution in [0.1, 0.15) is 16.2 Å². The van der Waals surface area contributed by atoms with E-state index in [-0.39, 0.29) is 0 Å². The topological polar surface area (TPSA) is 0 Å². The van der Waals surface area contributed by atoms with Crippen molar-refractivity contribution >= 4 is 59.3 Å². The molecule has 0 amide bonds. The van der Waals surface area contributed by atoms with Crippen LogP contribution in [0.25, 0.3) is 0 Å². The summed E-state index contributed by atoms with van der Waals surface area (Å²) in [5.41, 5.74) is 0. The zero-order chi connectivity index (χ0) is 11.7. The fraction of sp³-hybridized carbons (Fsp3) is 0.667. The Kier molecular flexibility index (Phi) is 4.33. The van der Waals surface area contributed by atoms with E-state index in [4.69, 9.17) is 0 Å². The second kappa shape index (κ2) is 5.61. The van der Waals surface area contributed by atoms with E-state index < -0.39 is 0 Å². The summed E-state index contributed by atoms with van der Waals surface area (Å²) in [5, 5.41) is 0.963. The number of hydrogen-bond donors (Lipinski definition) is 1. The second-order valence-corrected chi connectivity index (χ2v) is 9.81. The first-order valence-electron chi connectivity index (χ1n) is 5.86. The lowest BCUT2D eigenvalue weighted by molar-refractivity contribution is 0.651. The molecule has 2 aliphatic heterocycles. The monoisotopic (exact) mass is 320 g/mol. The average Bonchev–Trinajstić information content (AvgIpc) is 2.97. The van der Waals surface area contributed by atoms with Crippen LogP contribution in [0.5, 0.6) is 0 Å². The van der Waals surface area contributed by atoms with Gasteiger partial charge in [-0.1, -0.05) is 0 Å². The number of rotatable bonds is 6. The molecule has 1 aromatic heterocycles. The number of hydrogen-bond acceptors (Lipinski definition) is 5. The molecule has 94 valence electrons. The smallest absolute Gasteiger partial charge is 0.0597 e. The first kappa shape index (κ1) is 13.1. The molecule has 2 fully saturated rings. The fourth-order valence-electron chi connectivity index (χ4n) is 1.90. The molecular formula is C12H16S5. The van der Waals surface area contributed by atoms with Crippen molar-refractivity contribution in [1.82, 2.24) is 0 Å². The molecule has 2 atom stereocenters. The van der Waals surface area contributed by atoms with Crippen LogP contribution in [0.4, 0.5) is 0 Å². The third kappa shape index (κ3) is 2.99. The molecule has 0 spiro atoms. The van der Waals surface area contributed by atoms with E-state index in [1.165, 1.54) is 29.4 Å². The van der Waals surface area contributed by atoms with Crippen molar-refractivity contribution in [3.05, 3.63) is 21.9 Å². The van der Waals surface area contributed by atoms with Gasteiger partial charge < -0.3 is 0 Å². The van der Waals surface area contributed by atoms with E-state index in [9.17, 15) is 0 Å². The van der Waals surface area contributed by atoms with Gasteiger partial charge in [0.05, 0.1) is 4.75 Å². The minimum absolute atomic E-state index is 0.364. The van der Waals surface area contributed by atoms with Crippen LogP contribution in [0, 0.1) is 0 Å². The minimum Gasteiger partial charge on any atom is -0.178 e. The molecule has 17 heavy (non-hydrogen) atoms. The molecule has 3 rings (SSSR count). The zero-order valence-corrected chi connectivity index (χ0v) is 13.7. The van der Waals surface area contributed by atoms with Gasteiger partial charge in [-0.05, 0) is 24.3 Å². The van der Waals surface area contributed by atoms with Crippen molar-refractivity contribution in [1.29, 1.82) is 0 Å². The number of thioether (sulfide) groups is 3. The summed E-state index contributed by atoms with van der Waals surface area (Å²) in [6.07, 6.45) is 1.31. The highest BCUT2D eigenvalue weighted by Crippen LogP contribution is 2.52. The molecule has 2 aliphatic rings. The van der Waals surface area contributed by atoms with E-state index in [2.05, 4.69) is 60.0 Å². The largest absolute Gasteiger partial charge is 0.178 e. The Morgan fingerprint density at radius 2 is 2.29 bits per heavy atom. The second-order valence-electron chi connectivity index (χ2n) is 4.49. The molecular weight excluding hydrogens is 304 g/mol. The van der Waals surface area contributed by atoms with Crippen molar-refractivity contribution in [2.24, 2.45) is 0 Å². The zero-order valence-electron chi connectivity index (χ0n) is 9.55. The highest BCUT2D eigenvalue weighted by Gasteiger charge is 2.39. The van der Waals surface area contributed by atoms with Crippen LogP contribution in [0.2, 0.25) is 0 Å². The summed E-state index contributed by atoms with van der Waals surface area (Å²) in [6.45, 7) is 0. The van der Waals surface area contributed by atoms with Gasteiger partial charge >= 0.3 is 0 Å². The Morgan fingerprint density at radius 3 is 2.88 bits per heavy atom. The standard InChI is InChI=1S/C12H16S5/c13-8-12(3-4-16-12)11-2-1-9(17-11)5-14-6-10-7-15-10/h1-2,10,13H,3-8H2. The van der Waals surface area contributed by atoms with Crippen molar-refractivity contribution < 1.29 is 0 Å². The molecule has 0 nitrogen and oxygen atoms in total. The predicted octanol–water partition coefficient (Wildman–Crippen LogP) is 4.36. The number of thiophene rings is 1. The summed E-state index contributed by atoms with van der Waals surface area (Å²) in [7, 11) is 0. The van der Waals surface area contributed by atoms with Crippen LogP contribution >= 0.6 is 59.3 Å². The molecule has 2 saturated heterocycles. The molecule has 0 N–H and O–H groups in total. The summed E-state index contributed by atoms with van der Waals surface area (Å²) in [6, 6.07) is 4.67. The van der Waals surface area contributed by atoms with Crippen LogP contribution in [0.15, 0.2) is 12.1 Å². The molecule has 1 aromatic rings. The van der Waals surface area contributed by atoms with E-state index in [1.807, 2.05) is 11.3 Å². The Hall–Kier alpha value is 1.10. The highest BCUT2D eigenvalue weighted by molar-refractivity contribution is 8.08. The first-order valence-corrected chi connectivity index (χ1v) is 10.5. The molecule has 5 heteroatoms. The summed E-state index contributed by atoms with van der Waals surface area (Å²) < 4.78 is 0.364. The number of thiol groups is 1. The van der Waals surface area contributed by atoms with Crippen LogP contribution in [-0.4, -0.2) is 28.3 Å². The van der Waals surface area contributed by atoms with Gasteiger partial charge in [-0.2, -0.15) is 36.2 Å². The summed E-state index contributed by atoms with van der Waals surface area (Å²) in [4.78, 5) is 3.10. The first-order chi connectivity index (χ1) is 8.32. The van der Waals surface area contributed by atoms with E-state index in [1.54, 1.807) is 9.75 Å². The van der Waals surface area contributed by atoms with Gasteiger partial charge in [0, 0.05) is 38.0 Å². The van der Waals surface area contributed by atoms with Gasteiger partial charge in [-0.15, -0.1) is 23.1 Å². The van der Waals surface area contributed by atoms with Crippen LogP contribution < -0.4 is 0 Å². The van der Waals surface area contributed by atoms with Crippen molar-refractivity contribution in [3.63, 3.8) is 0 Å². The van der Waals surface area contributed by atoms with E-state index in [0.717, 1.165) is 11.0 Å². The van der Waals surface area contributed by atoms with Crippen molar-refractivity contribution in [2.75, 3.05) is 23.0 Å². The summed E-state index contributed by atoms with van der Waals surface area (Å²) >= 11 is 12.8. The SMILES string of the molecule is SCC1(c2ccc(CSCC3CS3)s2)CCS1. The highest BCUT2D eigenvalue weighted by atomic mass is 32.2. The van der Waals surface area contributed by atoms with Crippen molar-refractivity contribution in [3.8, 4) is 0 Å². The van der Waals surface area contributed by atoms with Gasteiger partial charge in [0.15, 0.2) is 0 Å². The minimum atomic E-state index is 0.364. The van der Waals surface area contributed by atoms with Gasteiger partial charge in [0.1, 0.15) is 0 Å². The lowest BCUT2D eigenvalue weighted by Crippen LogP contribution is -2.32. The lowest BCUT2D eigenvalue weighted by Gasteiger charge is -2.39. The molecule has 0 saturated carbocycles. The van der Waals surface area contributed by atoms with Gasteiger partial charge in [-0.3, -0.25) is 0 Å². The normalized spacial score (nSPS) is 31.2. The molecule has 0 radical (unpaired) electrons. The molecule has 2 unspecified atom stereocenters. The Balaban J connectivity index is 1.57. The summed E-state index contributed by atoms with van der Waals surface area (Å²) in [5.74, 6) is 6.23. The molecule has 3 heterocycles. The van der Waals surface area contributed by atoms with Crippen LogP contribution in [0.3, 0.4) is 0 Å². The molecule has 0 aliphatic carbocycles. The molecule has 0 bridgehead atoms. The third-order valence-corrected chi connectivity index (χ3v) is 9.42. The van der Waals surface area contributed by atoms with Crippen LogP contribution in [-0.2, 0) is 10.5 Å². The van der Waals surface area contributed by atoms with Gasteiger partial charge in [0.25, 0.3) is 0 Å². The Bertz CT molecular complexity index is 372. The quantitative estimate of drug-likeness (QED) is 0.611. The maximum atomic E-state index is 4.54. The predicted molar refractivity (Wildman–Crippen MR) is 89.3 cm³/mol. The van der Waals surface area contributed by atoms with E-state index >= 15 is 0 Å². The lowest BCUT2D eigenvalue weighted by atomic mass is 10.1. The fourth-order valence-corrected chi connectivity index (χ4v) is 7.18. The van der Waals surface area contributed by atoms with Gasteiger partial charge in [0.2, 0.25) is 0 Å². The van der Waals surface area contributed by atoms with E-state index in [0.29, 0.717) is 4.75 Å². The Labute approximate surface area is 126 Å². The van der Waals surface area contributed by atoms with Crippen molar-refractivity contribution in [2.45, 2.75) is 22.2 Å². The maximum Gasteiger partial charge on any atom is 0.0597 e. The maximum absolute atomic E-state index is 4.54. The molecule has 0 aromatic carbocycles. The average molecular weight is 321 g/mol. The Morgan fingerprint density at radius 1 is 1.47 bits per heavy atom. The van der Waals surface area contributed by atoms with Gasteiger partial charge in [-0.25, -0.2) is 0 Å².